The fourth-order valence-electron chi connectivity index (χ4n) is 1.83. The van der Waals surface area contributed by atoms with Crippen LogP contribution >= 0.6 is 0 Å². The van der Waals surface area contributed by atoms with Crippen LogP contribution in [0, 0.1) is 0 Å². The Labute approximate surface area is 94.5 Å². The predicted molar refractivity (Wildman–Crippen MR) is 61.1 cm³/mol. The van der Waals surface area contributed by atoms with Crippen molar-refractivity contribution in [2.24, 2.45) is 5.73 Å². The fourth-order valence-corrected chi connectivity index (χ4v) is 1.83. The maximum atomic E-state index is 9.44. The van der Waals surface area contributed by atoms with Gasteiger partial charge in [0.1, 0.15) is 0 Å². The van der Waals surface area contributed by atoms with Crippen LogP contribution in [0.15, 0.2) is 18.3 Å². The van der Waals surface area contributed by atoms with Gasteiger partial charge in [-0.2, -0.15) is 0 Å². The second-order valence-corrected chi connectivity index (χ2v) is 4.27. The van der Waals surface area contributed by atoms with E-state index in [0.717, 1.165) is 11.4 Å². The zero-order chi connectivity index (χ0) is 11.7. The average Bonchev–Trinajstić information content (AvgIpc) is 2.59. The molecule has 1 saturated heterocycles. The number of nitrogens with zero attached hydrogens (tertiary/aromatic N) is 2. The number of rotatable bonds is 2. The molecular weight excluding hydrogens is 206 g/mol. The molecule has 0 aromatic carbocycles. The van der Waals surface area contributed by atoms with Crippen LogP contribution in [0.2, 0.25) is 0 Å². The second-order valence-electron chi connectivity index (χ2n) is 4.27. The summed E-state index contributed by atoms with van der Waals surface area (Å²) in [7, 11) is 0. The lowest BCUT2D eigenvalue weighted by Crippen LogP contribution is -2.22. The number of aliphatic hydroxyl groups excluding tert-OH is 2. The first-order chi connectivity index (χ1) is 7.58. The van der Waals surface area contributed by atoms with E-state index in [4.69, 9.17) is 5.73 Å². The van der Waals surface area contributed by atoms with Gasteiger partial charge >= 0.3 is 0 Å². The van der Waals surface area contributed by atoms with Crippen LogP contribution in [0.25, 0.3) is 0 Å². The van der Waals surface area contributed by atoms with E-state index < -0.39 is 12.2 Å². The molecule has 1 aromatic rings. The number of nitrogens with two attached hydrogens (primary N) is 1. The second kappa shape index (κ2) is 4.37. The number of aliphatic hydroxyl groups is 2. The maximum Gasteiger partial charge on any atom is 0.0990 e. The number of β-amino-alcohol motifs (C(OH)–C–C–N with tert-alkyl or cyclic N) is 2. The Morgan fingerprint density at radius 3 is 2.44 bits per heavy atom. The summed E-state index contributed by atoms with van der Waals surface area (Å²) < 4.78 is 0. The monoisotopic (exact) mass is 223 g/mol. The third-order valence-electron chi connectivity index (χ3n) is 2.86. The molecule has 0 aliphatic carbocycles. The van der Waals surface area contributed by atoms with Gasteiger partial charge in [-0.25, -0.2) is 0 Å². The first-order valence-corrected chi connectivity index (χ1v) is 5.40. The molecule has 3 atom stereocenters. The number of anilines is 1. The van der Waals surface area contributed by atoms with Crippen molar-refractivity contribution < 1.29 is 10.2 Å². The number of hydrogen-bond acceptors (Lipinski definition) is 5. The summed E-state index contributed by atoms with van der Waals surface area (Å²) in [4.78, 5) is 6.15. The van der Waals surface area contributed by atoms with Crippen LogP contribution in [0.5, 0.6) is 0 Å². The summed E-state index contributed by atoms with van der Waals surface area (Å²) in [6.45, 7) is 2.77. The molecular formula is C11H17N3O2. The van der Waals surface area contributed by atoms with Crippen molar-refractivity contribution in [3.8, 4) is 0 Å². The lowest BCUT2D eigenvalue weighted by molar-refractivity contribution is 0.0572. The highest BCUT2D eigenvalue weighted by Gasteiger charge is 2.29. The van der Waals surface area contributed by atoms with Gasteiger partial charge in [0.2, 0.25) is 0 Å². The molecule has 88 valence electrons. The molecule has 5 nitrogen and oxygen atoms in total. The molecule has 1 aliphatic heterocycles. The number of pyridine rings is 1. The van der Waals surface area contributed by atoms with Crippen molar-refractivity contribution in [2.75, 3.05) is 18.0 Å². The highest BCUT2D eigenvalue weighted by molar-refractivity contribution is 5.46. The lowest BCUT2D eigenvalue weighted by Gasteiger charge is -2.17. The SMILES string of the molecule is CC(N)c1ccc(N2CC(O)C(O)C2)cn1. The standard InChI is InChI=1S/C11H17N3O2/c1-7(12)9-3-2-8(4-13-9)14-5-10(15)11(16)6-14/h2-4,7,10-11,15-16H,5-6,12H2,1H3. The van der Waals surface area contributed by atoms with Gasteiger partial charge in [0.25, 0.3) is 0 Å². The predicted octanol–water partition coefficient (Wildman–Crippen LogP) is -0.357. The molecule has 0 saturated carbocycles. The van der Waals surface area contributed by atoms with E-state index in [2.05, 4.69) is 4.98 Å². The number of hydrogen-bond donors (Lipinski definition) is 3. The van der Waals surface area contributed by atoms with Crippen molar-refractivity contribution in [1.29, 1.82) is 0 Å². The van der Waals surface area contributed by atoms with Gasteiger partial charge in [0.05, 0.1) is 29.8 Å². The highest BCUT2D eigenvalue weighted by atomic mass is 16.3. The molecule has 1 aliphatic rings. The lowest BCUT2D eigenvalue weighted by atomic mass is 10.2. The van der Waals surface area contributed by atoms with Crippen LogP contribution < -0.4 is 10.6 Å². The summed E-state index contributed by atoms with van der Waals surface area (Å²) in [6, 6.07) is 3.71. The number of aromatic nitrogens is 1. The molecule has 1 fully saturated rings. The van der Waals surface area contributed by atoms with Crippen LogP contribution in [-0.4, -0.2) is 40.5 Å². The van der Waals surface area contributed by atoms with Crippen molar-refractivity contribution in [3.63, 3.8) is 0 Å². The van der Waals surface area contributed by atoms with Crippen LogP contribution in [0.1, 0.15) is 18.7 Å². The smallest absolute Gasteiger partial charge is 0.0990 e. The first-order valence-electron chi connectivity index (χ1n) is 5.40. The van der Waals surface area contributed by atoms with Crippen LogP contribution in [0.3, 0.4) is 0 Å². The summed E-state index contributed by atoms with van der Waals surface area (Å²) in [5.41, 5.74) is 7.45. The first kappa shape index (κ1) is 11.3. The van der Waals surface area contributed by atoms with E-state index in [1.165, 1.54) is 0 Å². The summed E-state index contributed by atoms with van der Waals surface area (Å²) in [5, 5.41) is 18.9. The summed E-state index contributed by atoms with van der Waals surface area (Å²) >= 11 is 0. The Kier molecular flexibility index (Phi) is 3.09. The summed E-state index contributed by atoms with van der Waals surface area (Å²) in [5.74, 6) is 0. The minimum absolute atomic E-state index is 0.0798. The Balaban J connectivity index is 2.11. The largest absolute Gasteiger partial charge is 0.389 e. The van der Waals surface area contributed by atoms with Gasteiger partial charge in [-0.3, -0.25) is 4.98 Å². The van der Waals surface area contributed by atoms with Crippen LogP contribution in [0.4, 0.5) is 5.69 Å². The molecule has 0 amide bonds. The van der Waals surface area contributed by atoms with Crippen LogP contribution in [-0.2, 0) is 0 Å². The Hall–Kier alpha value is -1.17. The zero-order valence-corrected chi connectivity index (χ0v) is 9.24. The van der Waals surface area contributed by atoms with Crippen molar-refractivity contribution in [3.05, 3.63) is 24.0 Å². The van der Waals surface area contributed by atoms with E-state index in [1.54, 1.807) is 6.20 Å². The maximum absolute atomic E-state index is 9.44. The molecule has 16 heavy (non-hydrogen) atoms. The third-order valence-corrected chi connectivity index (χ3v) is 2.86. The average molecular weight is 223 g/mol. The highest BCUT2D eigenvalue weighted by Crippen LogP contribution is 2.20. The van der Waals surface area contributed by atoms with Crippen molar-refractivity contribution in [1.82, 2.24) is 4.98 Å². The van der Waals surface area contributed by atoms with E-state index >= 15 is 0 Å². The van der Waals surface area contributed by atoms with Gasteiger partial charge in [-0.05, 0) is 19.1 Å². The zero-order valence-electron chi connectivity index (χ0n) is 9.24. The third kappa shape index (κ3) is 2.16. The van der Waals surface area contributed by atoms with Crippen molar-refractivity contribution >= 4 is 5.69 Å². The molecule has 1 aromatic heterocycles. The molecule has 0 radical (unpaired) electrons. The van der Waals surface area contributed by atoms with Gasteiger partial charge in [-0.1, -0.05) is 0 Å². The molecule has 0 bridgehead atoms. The molecule has 2 rings (SSSR count). The fraction of sp³-hybridized carbons (Fsp3) is 0.545. The summed E-state index contributed by atoms with van der Waals surface area (Å²) in [6.07, 6.45) is 0.380. The quantitative estimate of drug-likeness (QED) is 0.638. The van der Waals surface area contributed by atoms with Gasteiger partial charge in [0, 0.05) is 19.1 Å². The van der Waals surface area contributed by atoms with E-state index in [-0.39, 0.29) is 6.04 Å². The van der Waals surface area contributed by atoms with Crippen molar-refractivity contribution in [2.45, 2.75) is 25.2 Å². The molecule has 3 unspecified atom stereocenters. The minimum Gasteiger partial charge on any atom is -0.389 e. The normalized spacial score (nSPS) is 27.1. The molecule has 5 heteroatoms. The Morgan fingerprint density at radius 2 is 2.00 bits per heavy atom. The van der Waals surface area contributed by atoms with E-state index in [1.807, 2.05) is 24.0 Å². The van der Waals surface area contributed by atoms with Gasteiger partial charge in [-0.15, -0.1) is 0 Å². The van der Waals surface area contributed by atoms with E-state index in [9.17, 15) is 10.2 Å². The minimum atomic E-state index is -0.673. The van der Waals surface area contributed by atoms with Gasteiger partial charge < -0.3 is 20.8 Å². The van der Waals surface area contributed by atoms with Gasteiger partial charge in [0.15, 0.2) is 0 Å². The molecule has 0 spiro atoms. The Bertz CT molecular complexity index is 343. The molecule has 2 heterocycles. The molecule has 4 N–H and O–H groups in total. The Morgan fingerprint density at radius 1 is 1.38 bits per heavy atom. The van der Waals surface area contributed by atoms with E-state index in [0.29, 0.717) is 13.1 Å². The topological polar surface area (TPSA) is 82.6 Å².